The van der Waals surface area contributed by atoms with Crippen molar-refractivity contribution in [3.63, 3.8) is 0 Å². The quantitative estimate of drug-likeness (QED) is 0.742. The van der Waals surface area contributed by atoms with Crippen LogP contribution in [0.25, 0.3) is 0 Å². The molecule has 1 aromatic rings. The monoisotopic (exact) mass is 202 g/mol. The Balaban J connectivity index is 1.97. The van der Waals surface area contributed by atoms with Gasteiger partial charge in [-0.2, -0.15) is 0 Å². The zero-order valence-corrected chi connectivity index (χ0v) is 9.02. The molecule has 0 aliphatic heterocycles. The molecule has 3 unspecified atom stereocenters. The van der Waals surface area contributed by atoms with Crippen LogP contribution >= 0.6 is 0 Å². The predicted octanol–water partition coefficient (Wildman–Crippen LogP) is 3.08. The van der Waals surface area contributed by atoms with E-state index in [9.17, 15) is 5.11 Å². The highest BCUT2D eigenvalue weighted by Gasteiger charge is 2.49. The molecule has 1 nitrogen and oxygen atoms in total. The van der Waals surface area contributed by atoms with Gasteiger partial charge in [-0.15, -0.1) is 0 Å². The summed E-state index contributed by atoms with van der Waals surface area (Å²) in [5.41, 5.74) is 0.627. The maximum atomic E-state index is 10.8. The lowest BCUT2D eigenvalue weighted by atomic mass is 9.82. The molecule has 0 radical (unpaired) electrons. The second-order valence-corrected chi connectivity index (χ2v) is 5.13. The first-order chi connectivity index (χ1) is 7.31. The van der Waals surface area contributed by atoms with Crippen molar-refractivity contribution >= 4 is 0 Å². The number of rotatable bonds is 1. The van der Waals surface area contributed by atoms with E-state index in [1.54, 1.807) is 0 Å². The number of hydrogen-bond donors (Lipinski definition) is 1. The molecular weight excluding hydrogens is 184 g/mol. The third-order valence-electron chi connectivity index (χ3n) is 4.44. The predicted molar refractivity (Wildman–Crippen MR) is 60.4 cm³/mol. The Bertz CT molecular complexity index is 346. The van der Waals surface area contributed by atoms with Crippen molar-refractivity contribution in [2.45, 2.75) is 37.7 Å². The maximum Gasteiger partial charge on any atom is 0.0927 e. The van der Waals surface area contributed by atoms with E-state index >= 15 is 0 Å². The third-order valence-corrected chi connectivity index (χ3v) is 4.44. The fourth-order valence-electron chi connectivity index (χ4n) is 3.69. The van der Waals surface area contributed by atoms with Gasteiger partial charge in [0.05, 0.1) is 5.60 Å². The van der Waals surface area contributed by atoms with Crippen molar-refractivity contribution in [2.75, 3.05) is 0 Å². The van der Waals surface area contributed by atoms with Crippen molar-refractivity contribution in [3.05, 3.63) is 35.9 Å². The molecule has 3 atom stereocenters. The summed E-state index contributed by atoms with van der Waals surface area (Å²) < 4.78 is 0. The van der Waals surface area contributed by atoms with E-state index in [0.29, 0.717) is 5.92 Å². The molecule has 0 bridgehead atoms. The Labute approximate surface area is 91.1 Å². The van der Waals surface area contributed by atoms with Crippen LogP contribution < -0.4 is 0 Å². The highest BCUT2D eigenvalue weighted by atomic mass is 16.3. The molecule has 1 N–H and O–H groups in total. The van der Waals surface area contributed by atoms with Gasteiger partial charge >= 0.3 is 0 Å². The summed E-state index contributed by atoms with van der Waals surface area (Å²) in [5, 5.41) is 10.8. The van der Waals surface area contributed by atoms with Crippen LogP contribution in [0.4, 0.5) is 0 Å². The van der Waals surface area contributed by atoms with Crippen LogP contribution in [0.15, 0.2) is 30.3 Å². The normalized spacial score (nSPS) is 39.3. The Morgan fingerprint density at radius 2 is 1.87 bits per heavy atom. The van der Waals surface area contributed by atoms with E-state index in [2.05, 4.69) is 12.1 Å². The molecule has 0 heterocycles. The smallest absolute Gasteiger partial charge is 0.0927 e. The van der Waals surface area contributed by atoms with Crippen LogP contribution in [-0.4, -0.2) is 5.11 Å². The fourth-order valence-corrected chi connectivity index (χ4v) is 3.69. The Hall–Kier alpha value is -0.820. The molecule has 2 saturated carbocycles. The van der Waals surface area contributed by atoms with Gasteiger partial charge in [-0.25, -0.2) is 0 Å². The Kier molecular flexibility index (Phi) is 2.10. The van der Waals surface area contributed by atoms with Crippen LogP contribution in [0.3, 0.4) is 0 Å². The minimum atomic E-state index is -0.511. The number of aliphatic hydroxyl groups is 1. The van der Waals surface area contributed by atoms with Gasteiger partial charge in [0, 0.05) is 0 Å². The lowest BCUT2D eigenvalue weighted by Crippen LogP contribution is -2.30. The van der Waals surface area contributed by atoms with Gasteiger partial charge in [0.25, 0.3) is 0 Å². The largest absolute Gasteiger partial charge is 0.385 e. The van der Waals surface area contributed by atoms with Gasteiger partial charge in [-0.3, -0.25) is 0 Å². The van der Waals surface area contributed by atoms with Crippen LogP contribution in [0.5, 0.6) is 0 Å². The molecule has 0 aromatic heterocycles. The van der Waals surface area contributed by atoms with Crippen molar-refractivity contribution in [1.29, 1.82) is 0 Å². The molecule has 2 aliphatic carbocycles. The lowest BCUT2D eigenvalue weighted by Gasteiger charge is -2.30. The number of benzene rings is 1. The lowest BCUT2D eigenvalue weighted by molar-refractivity contribution is -0.00700. The summed E-state index contributed by atoms with van der Waals surface area (Å²) in [7, 11) is 0. The van der Waals surface area contributed by atoms with E-state index in [1.807, 2.05) is 18.2 Å². The number of hydrogen-bond acceptors (Lipinski definition) is 1. The van der Waals surface area contributed by atoms with Crippen LogP contribution in [0.1, 0.15) is 37.7 Å². The van der Waals surface area contributed by atoms with Gasteiger partial charge < -0.3 is 5.11 Å². The molecule has 15 heavy (non-hydrogen) atoms. The Morgan fingerprint density at radius 1 is 1.07 bits per heavy atom. The minimum Gasteiger partial charge on any atom is -0.385 e. The molecule has 2 fully saturated rings. The average molecular weight is 202 g/mol. The van der Waals surface area contributed by atoms with E-state index < -0.39 is 5.60 Å². The molecule has 2 aliphatic rings. The van der Waals surface area contributed by atoms with Gasteiger partial charge in [0.15, 0.2) is 0 Å². The highest BCUT2D eigenvalue weighted by molar-refractivity contribution is 5.25. The molecule has 80 valence electrons. The first-order valence-electron chi connectivity index (χ1n) is 6.08. The highest BCUT2D eigenvalue weighted by Crippen LogP contribution is 2.54. The molecule has 0 spiro atoms. The standard InChI is InChI=1S/C14H18O/c15-14(12-6-2-1-3-7-12)10-9-11-5-4-8-13(11)14/h1-3,6-7,11,13,15H,4-5,8-10H2. The summed E-state index contributed by atoms with van der Waals surface area (Å²) in [6.45, 7) is 0. The van der Waals surface area contributed by atoms with E-state index in [1.165, 1.54) is 25.7 Å². The molecule has 3 rings (SSSR count). The SMILES string of the molecule is OC1(c2ccccc2)CCC2CCCC21. The van der Waals surface area contributed by atoms with Crippen molar-refractivity contribution in [1.82, 2.24) is 0 Å². The van der Waals surface area contributed by atoms with Gasteiger partial charge in [0.1, 0.15) is 0 Å². The zero-order valence-electron chi connectivity index (χ0n) is 9.02. The molecule has 1 heteroatoms. The van der Waals surface area contributed by atoms with Crippen molar-refractivity contribution < 1.29 is 5.11 Å². The van der Waals surface area contributed by atoms with Crippen molar-refractivity contribution in [3.8, 4) is 0 Å². The van der Waals surface area contributed by atoms with E-state index in [-0.39, 0.29) is 0 Å². The summed E-state index contributed by atoms with van der Waals surface area (Å²) in [4.78, 5) is 0. The third kappa shape index (κ3) is 1.33. The summed E-state index contributed by atoms with van der Waals surface area (Å²) in [6, 6.07) is 10.3. The first kappa shape index (κ1) is 9.41. The van der Waals surface area contributed by atoms with Crippen LogP contribution in [0.2, 0.25) is 0 Å². The van der Waals surface area contributed by atoms with E-state index in [4.69, 9.17) is 0 Å². The van der Waals surface area contributed by atoms with Crippen LogP contribution in [0, 0.1) is 11.8 Å². The fraction of sp³-hybridized carbons (Fsp3) is 0.571. The molecule has 0 saturated heterocycles. The number of fused-ring (bicyclic) bond motifs is 1. The minimum absolute atomic E-state index is 0.511. The van der Waals surface area contributed by atoms with Crippen LogP contribution in [-0.2, 0) is 5.60 Å². The van der Waals surface area contributed by atoms with Gasteiger partial charge in [-0.1, -0.05) is 43.2 Å². The van der Waals surface area contributed by atoms with Crippen molar-refractivity contribution in [2.24, 2.45) is 11.8 Å². The average Bonchev–Trinajstić information content (AvgIpc) is 2.85. The summed E-state index contributed by atoms with van der Waals surface area (Å²) in [6.07, 6.45) is 6.04. The Morgan fingerprint density at radius 3 is 2.67 bits per heavy atom. The topological polar surface area (TPSA) is 20.2 Å². The van der Waals surface area contributed by atoms with E-state index in [0.717, 1.165) is 17.9 Å². The summed E-state index contributed by atoms with van der Waals surface area (Å²) in [5.74, 6) is 1.31. The van der Waals surface area contributed by atoms with Gasteiger partial charge in [0.2, 0.25) is 0 Å². The maximum absolute atomic E-state index is 10.8. The van der Waals surface area contributed by atoms with Gasteiger partial charge in [-0.05, 0) is 36.7 Å². The molecule has 0 amide bonds. The summed E-state index contributed by atoms with van der Waals surface area (Å²) >= 11 is 0. The second kappa shape index (κ2) is 3.34. The molecule has 1 aromatic carbocycles. The molecular formula is C14H18O. The second-order valence-electron chi connectivity index (χ2n) is 5.13. The first-order valence-corrected chi connectivity index (χ1v) is 6.08. The zero-order chi connectivity index (χ0) is 10.3.